The van der Waals surface area contributed by atoms with Crippen molar-refractivity contribution in [3.63, 3.8) is 0 Å². The maximum atomic E-state index is 11.8. The Hall–Kier alpha value is -1.68. The topological polar surface area (TPSA) is 43.7 Å². The normalized spacial score (nSPS) is 22.8. The van der Waals surface area contributed by atoms with Crippen LogP contribution in [0.25, 0.3) is 0 Å². The van der Waals surface area contributed by atoms with Crippen LogP contribution >= 0.6 is 0 Å². The molecule has 2 aromatic rings. The van der Waals surface area contributed by atoms with Crippen molar-refractivity contribution in [2.24, 2.45) is 5.92 Å². The Morgan fingerprint density at radius 3 is 2.07 bits per heavy atom. The van der Waals surface area contributed by atoms with Crippen molar-refractivity contribution in [3.8, 4) is 0 Å². The number of piperidine rings is 1. The van der Waals surface area contributed by atoms with E-state index in [2.05, 4.69) is 17.0 Å². The minimum absolute atomic E-state index is 0.352. The van der Waals surface area contributed by atoms with E-state index in [0.29, 0.717) is 5.92 Å². The van der Waals surface area contributed by atoms with E-state index in [-0.39, 0.29) is 0 Å². The number of rotatable bonds is 6. The van der Waals surface area contributed by atoms with Crippen LogP contribution in [0, 0.1) is 5.92 Å². The van der Waals surface area contributed by atoms with Gasteiger partial charge in [-0.3, -0.25) is 0 Å². The van der Waals surface area contributed by atoms with E-state index in [1.165, 1.54) is 19.3 Å². The summed E-state index contributed by atoms with van der Waals surface area (Å²) in [7, 11) is 0. The van der Waals surface area contributed by atoms with Gasteiger partial charge in [0.2, 0.25) is 0 Å². The lowest BCUT2D eigenvalue weighted by atomic mass is 9.71. The van der Waals surface area contributed by atoms with Crippen LogP contribution < -0.4 is 0 Å². The minimum atomic E-state index is -0.741. The Morgan fingerprint density at radius 2 is 1.45 bits per heavy atom. The van der Waals surface area contributed by atoms with Crippen LogP contribution in [0.2, 0.25) is 0 Å². The molecule has 4 rings (SSSR count). The number of likely N-dealkylation sites (tertiary alicyclic amines) is 1. The largest absolute Gasteiger partial charge is 0.385 e. The van der Waals surface area contributed by atoms with Crippen molar-refractivity contribution in [3.05, 3.63) is 71.8 Å². The molecule has 29 heavy (non-hydrogen) atoms. The maximum absolute atomic E-state index is 11.8. The van der Waals surface area contributed by atoms with E-state index in [1.807, 2.05) is 48.5 Å². The molecule has 3 nitrogen and oxygen atoms in total. The molecule has 0 aromatic heterocycles. The van der Waals surface area contributed by atoms with Crippen LogP contribution in [0.15, 0.2) is 60.7 Å². The average Bonchev–Trinajstić information content (AvgIpc) is 2.80. The third kappa shape index (κ3) is 4.58. The second-order valence-electron chi connectivity index (χ2n) is 9.11. The predicted molar refractivity (Wildman–Crippen MR) is 118 cm³/mol. The minimum Gasteiger partial charge on any atom is -0.385 e. The lowest BCUT2D eigenvalue weighted by Crippen LogP contribution is -2.45. The Balaban J connectivity index is 1.41. The molecule has 0 amide bonds. The van der Waals surface area contributed by atoms with Crippen LogP contribution in [-0.2, 0) is 11.2 Å². The van der Waals surface area contributed by atoms with Crippen molar-refractivity contribution >= 4 is 0 Å². The molecule has 2 fully saturated rings. The van der Waals surface area contributed by atoms with Crippen LogP contribution in [0.4, 0.5) is 0 Å². The highest BCUT2D eigenvalue weighted by molar-refractivity contribution is 5.24. The summed E-state index contributed by atoms with van der Waals surface area (Å²) in [5.41, 5.74) is 0.651. The second-order valence-corrected chi connectivity index (χ2v) is 9.11. The summed E-state index contributed by atoms with van der Waals surface area (Å²) in [6.45, 7) is 2.63. The highest BCUT2D eigenvalue weighted by Crippen LogP contribution is 2.42. The van der Waals surface area contributed by atoms with Gasteiger partial charge in [-0.05, 0) is 49.1 Å². The van der Waals surface area contributed by atoms with Crippen LogP contribution in [-0.4, -0.2) is 34.7 Å². The van der Waals surface area contributed by atoms with Gasteiger partial charge in [0.1, 0.15) is 0 Å². The van der Waals surface area contributed by atoms with Gasteiger partial charge in [0.25, 0.3) is 0 Å². The molecule has 1 saturated carbocycles. The van der Waals surface area contributed by atoms with E-state index in [1.54, 1.807) is 0 Å². The molecule has 1 unspecified atom stereocenters. The molecule has 2 N–H and O–H groups in total. The SMILES string of the molecule is OC1(c2ccccc2)CCN(CCC(O)(c2ccccc2)C2CCCCC2)CC1. The van der Waals surface area contributed by atoms with Gasteiger partial charge in [0.05, 0.1) is 11.2 Å². The molecule has 0 radical (unpaired) electrons. The van der Waals surface area contributed by atoms with Crippen LogP contribution in [0.3, 0.4) is 0 Å². The summed E-state index contributed by atoms with van der Waals surface area (Å²) in [4.78, 5) is 2.42. The first kappa shape index (κ1) is 20.6. The molecule has 0 bridgehead atoms. The third-order valence-electron chi connectivity index (χ3n) is 7.36. The number of aliphatic hydroxyl groups is 2. The Labute approximate surface area is 175 Å². The molecule has 0 spiro atoms. The Bertz CT molecular complexity index is 749. The molecular formula is C26H35NO2. The van der Waals surface area contributed by atoms with Crippen LogP contribution in [0.1, 0.15) is 62.5 Å². The van der Waals surface area contributed by atoms with E-state index in [4.69, 9.17) is 0 Å². The fraction of sp³-hybridized carbons (Fsp3) is 0.538. The summed E-state index contributed by atoms with van der Waals surface area (Å²) >= 11 is 0. The molecule has 3 heteroatoms. The monoisotopic (exact) mass is 393 g/mol. The third-order valence-corrected chi connectivity index (χ3v) is 7.36. The summed E-state index contributed by atoms with van der Waals surface area (Å²) in [5.74, 6) is 0.352. The lowest BCUT2D eigenvalue weighted by molar-refractivity contribution is -0.0632. The summed E-state index contributed by atoms with van der Waals surface area (Å²) in [6, 6.07) is 20.4. The van der Waals surface area contributed by atoms with Crippen LogP contribution in [0.5, 0.6) is 0 Å². The highest BCUT2D eigenvalue weighted by Gasteiger charge is 2.40. The Morgan fingerprint density at radius 1 is 0.862 bits per heavy atom. The number of hydrogen-bond donors (Lipinski definition) is 2. The maximum Gasteiger partial charge on any atom is 0.0936 e. The number of hydrogen-bond acceptors (Lipinski definition) is 3. The molecule has 1 saturated heterocycles. The van der Waals surface area contributed by atoms with Crippen molar-refractivity contribution in [1.29, 1.82) is 0 Å². The first-order chi connectivity index (χ1) is 14.1. The fourth-order valence-corrected chi connectivity index (χ4v) is 5.40. The molecule has 1 atom stereocenters. The van der Waals surface area contributed by atoms with Crippen molar-refractivity contribution in [2.45, 2.75) is 62.6 Å². The average molecular weight is 394 g/mol. The first-order valence-electron chi connectivity index (χ1n) is 11.4. The van der Waals surface area contributed by atoms with Crippen molar-refractivity contribution < 1.29 is 10.2 Å². The zero-order valence-corrected chi connectivity index (χ0v) is 17.5. The lowest BCUT2D eigenvalue weighted by Gasteiger charge is -2.42. The van der Waals surface area contributed by atoms with Gasteiger partial charge in [-0.15, -0.1) is 0 Å². The number of benzene rings is 2. The zero-order valence-electron chi connectivity index (χ0n) is 17.5. The highest BCUT2D eigenvalue weighted by atomic mass is 16.3. The summed E-state index contributed by atoms with van der Waals surface area (Å²) in [6.07, 6.45) is 8.28. The van der Waals surface area contributed by atoms with E-state index in [0.717, 1.165) is 62.9 Å². The van der Waals surface area contributed by atoms with E-state index < -0.39 is 11.2 Å². The first-order valence-corrected chi connectivity index (χ1v) is 11.4. The fourth-order valence-electron chi connectivity index (χ4n) is 5.40. The Kier molecular flexibility index (Phi) is 6.38. The van der Waals surface area contributed by atoms with E-state index in [9.17, 15) is 10.2 Å². The van der Waals surface area contributed by atoms with Gasteiger partial charge in [0.15, 0.2) is 0 Å². The van der Waals surface area contributed by atoms with Gasteiger partial charge in [-0.2, -0.15) is 0 Å². The molecule has 1 aliphatic heterocycles. The number of nitrogens with zero attached hydrogens (tertiary/aromatic N) is 1. The molecule has 2 aromatic carbocycles. The molecule has 156 valence electrons. The van der Waals surface area contributed by atoms with Gasteiger partial charge >= 0.3 is 0 Å². The molecule has 1 heterocycles. The second kappa shape index (κ2) is 8.99. The smallest absolute Gasteiger partial charge is 0.0936 e. The molecule has 2 aliphatic rings. The van der Waals surface area contributed by atoms with Gasteiger partial charge in [-0.1, -0.05) is 79.9 Å². The molecular weight excluding hydrogens is 358 g/mol. The van der Waals surface area contributed by atoms with Gasteiger partial charge < -0.3 is 15.1 Å². The zero-order chi connectivity index (χ0) is 20.2. The predicted octanol–water partition coefficient (Wildman–Crippen LogP) is 4.83. The van der Waals surface area contributed by atoms with Crippen molar-refractivity contribution in [2.75, 3.05) is 19.6 Å². The summed E-state index contributed by atoms with van der Waals surface area (Å²) in [5, 5.41) is 22.9. The van der Waals surface area contributed by atoms with E-state index >= 15 is 0 Å². The summed E-state index contributed by atoms with van der Waals surface area (Å²) < 4.78 is 0. The quantitative estimate of drug-likeness (QED) is 0.739. The van der Waals surface area contributed by atoms with Crippen molar-refractivity contribution in [1.82, 2.24) is 4.90 Å². The van der Waals surface area contributed by atoms with Gasteiger partial charge in [-0.25, -0.2) is 0 Å². The standard InChI is InChI=1S/C26H35NO2/c28-25(22-10-4-1-5-11-22)16-19-27(20-17-25)21-18-26(29,23-12-6-2-7-13-23)24-14-8-3-9-15-24/h1-2,4-7,10-13,24,28-29H,3,8-9,14-21H2. The molecule has 1 aliphatic carbocycles. The van der Waals surface area contributed by atoms with Gasteiger partial charge in [0, 0.05) is 19.6 Å².